The molecule has 0 bridgehead atoms. The number of hydrogen-bond acceptors (Lipinski definition) is 3. The molecule has 0 aliphatic heterocycles. The topological polar surface area (TPSA) is 63.3 Å². The molecule has 0 fully saturated rings. The molecular formula is C15H18N4. The molecule has 0 aliphatic rings. The van der Waals surface area contributed by atoms with E-state index in [0.717, 1.165) is 24.1 Å². The van der Waals surface area contributed by atoms with E-state index in [2.05, 4.69) is 34.5 Å². The highest BCUT2D eigenvalue weighted by atomic mass is 15.2. The Morgan fingerprint density at radius 2 is 1.84 bits per heavy atom. The van der Waals surface area contributed by atoms with Crippen LogP contribution >= 0.6 is 0 Å². The largest absolute Gasteiger partial charge is 0.308 e. The van der Waals surface area contributed by atoms with Crippen LogP contribution in [-0.4, -0.2) is 10.8 Å². The Labute approximate surface area is 113 Å². The number of hydrazine groups is 1. The number of nitrogens with two attached hydrogens (primary N) is 1. The van der Waals surface area contributed by atoms with Gasteiger partial charge >= 0.3 is 0 Å². The molecule has 1 aromatic heterocycles. The van der Waals surface area contributed by atoms with Crippen LogP contribution in [0.4, 0.5) is 5.69 Å². The zero-order valence-corrected chi connectivity index (χ0v) is 11.0. The number of pyridine rings is 1. The lowest BCUT2D eigenvalue weighted by Gasteiger charge is -2.06. The number of nitrogens with one attached hydrogen (secondary N) is 1. The maximum absolute atomic E-state index is 5.53. The molecule has 0 unspecified atom stereocenters. The van der Waals surface area contributed by atoms with Crippen LogP contribution < -0.4 is 11.3 Å². The van der Waals surface area contributed by atoms with Gasteiger partial charge in [0, 0.05) is 18.0 Å². The van der Waals surface area contributed by atoms with Gasteiger partial charge in [-0.05, 0) is 36.2 Å². The minimum atomic E-state index is 0.630. The van der Waals surface area contributed by atoms with E-state index in [9.17, 15) is 0 Å². The van der Waals surface area contributed by atoms with E-state index in [-0.39, 0.29) is 0 Å². The summed E-state index contributed by atoms with van der Waals surface area (Å²) in [5.74, 6) is 6.16. The van der Waals surface area contributed by atoms with E-state index in [1.807, 2.05) is 24.3 Å². The SMILES string of the molecule is CCCc1ccc(N=C(NN)c2ccncc2)cc1. The van der Waals surface area contributed by atoms with Gasteiger partial charge in [-0.3, -0.25) is 4.98 Å². The molecule has 4 nitrogen and oxygen atoms in total. The van der Waals surface area contributed by atoms with Gasteiger partial charge in [0.1, 0.15) is 5.84 Å². The second-order valence-corrected chi connectivity index (χ2v) is 4.26. The summed E-state index contributed by atoms with van der Waals surface area (Å²) in [4.78, 5) is 8.48. The first kappa shape index (κ1) is 13.2. The average molecular weight is 254 g/mol. The number of aliphatic imine (C=N–C) groups is 1. The number of benzene rings is 1. The summed E-state index contributed by atoms with van der Waals surface area (Å²) in [7, 11) is 0. The summed E-state index contributed by atoms with van der Waals surface area (Å²) in [6.07, 6.45) is 5.67. The number of rotatable bonds is 4. The van der Waals surface area contributed by atoms with Gasteiger partial charge in [-0.2, -0.15) is 0 Å². The highest BCUT2D eigenvalue weighted by Gasteiger charge is 2.01. The lowest BCUT2D eigenvalue weighted by molar-refractivity contribution is 0.922. The molecule has 0 saturated carbocycles. The molecule has 0 spiro atoms. The monoisotopic (exact) mass is 254 g/mol. The third-order valence-corrected chi connectivity index (χ3v) is 2.81. The van der Waals surface area contributed by atoms with Gasteiger partial charge in [-0.1, -0.05) is 25.5 Å². The minimum Gasteiger partial charge on any atom is -0.308 e. The quantitative estimate of drug-likeness (QED) is 0.381. The van der Waals surface area contributed by atoms with Crippen molar-refractivity contribution in [1.29, 1.82) is 0 Å². The average Bonchev–Trinajstić information content (AvgIpc) is 2.48. The summed E-state index contributed by atoms with van der Waals surface area (Å²) in [6, 6.07) is 11.9. The van der Waals surface area contributed by atoms with Crippen molar-refractivity contribution in [3.05, 3.63) is 59.9 Å². The smallest absolute Gasteiger partial charge is 0.148 e. The van der Waals surface area contributed by atoms with Crippen molar-refractivity contribution in [2.75, 3.05) is 0 Å². The first-order valence-corrected chi connectivity index (χ1v) is 6.38. The first-order valence-electron chi connectivity index (χ1n) is 6.38. The molecule has 0 atom stereocenters. The molecule has 0 aliphatic carbocycles. The van der Waals surface area contributed by atoms with Gasteiger partial charge < -0.3 is 5.43 Å². The van der Waals surface area contributed by atoms with Gasteiger partial charge in [0.05, 0.1) is 5.69 Å². The summed E-state index contributed by atoms with van der Waals surface area (Å²) in [6.45, 7) is 2.17. The third kappa shape index (κ3) is 3.63. The molecule has 2 aromatic rings. The molecule has 3 N–H and O–H groups in total. The Morgan fingerprint density at radius 3 is 2.42 bits per heavy atom. The van der Waals surface area contributed by atoms with E-state index in [4.69, 9.17) is 5.84 Å². The molecule has 1 heterocycles. The van der Waals surface area contributed by atoms with E-state index < -0.39 is 0 Å². The van der Waals surface area contributed by atoms with Crippen molar-refractivity contribution in [2.24, 2.45) is 10.8 Å². The molecule has 19 heavy (non-hydrogen) atoms. The lowest BCUT2D eigenvalue weighted by atomic mass is 10.1. The standard InChI is InChI=1S/C15H18N4/c1-2-3-12-4-6-14(7-5-12)18-15(19-16)13-8-10-17-11-9-13/h4-11H,2-3,16H2,1H3,(H,18,19). The lowest BCUT2D eigenvalue weighted by Crippen LogP contribution is -2.30. The fraction of sp³-hybridized carbons (Fsp3) is 0.200. The molecule has 0 saturated heterocycles. The molecular weight excluding hydrogens is 236 g/mol. The van der Waals surface area contributed by atoms with Crippen molar-refractivity contribution >= 4 is 11.5 Å². The molecule has 98 valence electrons. The summed E-state index contributed by atoms with van der Waals surface area (Å²) in [5.41, 5.74) is 5.75. The van der Waals surface area contributed by atoms with Crippen molar-refractivity contribution in [1.82, 2.24) is 10.4 Å². The summed E-state index contributed by atoms with van der Waals surface area (Å²) >= 11 is 0. The predicted molar refractivity (Wildman–Crippen MR) is 78.2 cm³/mol. The number of hydrogen-bond donors (Lipinski definition) is 2. The third-order valence-electron chi connectivity index (χ3n) is 2.81. The molecule has 4 heteroatoms. The van der Waals surface area contributed by atoms with Crippen molar-refractivity contribution in [2.45, 2.75) is 19.8 Å². The molecule has 0 radical (unpaired) electrons. The Balaban J connectivity index is 2.23. The van der Waals surface area contributed by atoms with E-state index in [1.165, 1.54) is 5.56 Å². The van der Waals surface area contributed by atoms with Gasteiger partial charge in [0.15, 0.2) is 0 Å². The molecule has 1 aromatic carbocycles. The Morgan fingerprint density at radius 1 is 1.16 bits per heavy atom. The minimum absolute atomic E-state index is 0.630. The number of amidine groups is 1. The number of nitrogens with zero attached hydrogens (tertiary/aromatic N) is 2. The fourth-order valence-corrected chi connectivity index (χ4v) is 1.84. The maximum atomic E-state index is 5.53. The first-order chi connectivity index (χ1) is 9.33. The van der Waals surface area contributed by atoms with Gasteiger partial charge in [-0.25, -0.2) is 10.8 Å². The highest BCUT2D eigenvalue weighted by Crippen LogP contribution is 2.15. The van der Waals surface area contributed by atoms with Crippen molar-refractivity contribution in [3.63, 3.8) is 0 Å². The van der Waals surface area contributed by atoms with Crippen LogP contribution in [-0.2, 0) is 6.42 Å². The fourth-order valence-electron chi connectivity index (χ4n) is 1.84. The number of aryl methyl sites for hydroxylation is 1. The van der Waals surface area contributed by atoms with Crippen molar-refractivity contribution in [3.8, 4) is 0 Å². The second-order valence-electron chi connectivity index (χ2n) is 4.26. The predicted octanol–water partition coefficient (Wildman–Crippen LogP) is 2.58. The van der Waals surface area contributed by atoms with E-state index in [0.29, 0.717) is 5.84 Å². The maximum Gasteiger partial charge on any atom is 0.148 e. The van der Waals surface area contributed by atoms with Crippen LogP contribution in [0.25, 0.3) is 0 Å². The van der Waals surface area contributed by atoms with Crippen LogP contribution in [0, 0.1) is 0 Å². The Kier molecular flexibility index (Phi) is 4.64. The van der Waals surface area contributed by atoms with Crippen molar-refractivity contribution < 1.29 is 0 Å². The van der Waals surface area contributed by atoms with Crippen LogP contribution in [0.2, 0.25) is 0 Å². The second kappa shape index (κ2) is 6.66. The van der Waals surface area contributed by atoms with Crippen LogP contribution in [0.15, 0.2) is 53.8 Å². The van der Waals surface area contributed by atoms with E-state index in [1.54, 1.807) is 12.4 Å². The van der Waals surface area contributed by atoms with Gasteiger partial charge in [0.2, 0.25) is 0 Å². The summed E-state index contributed by atoms with van der Waals surface area (Å²) < 4.78 is 0. The molecule has 0 amide bonds. The van der Waals surface area contributed by atoms with Crippen LogP contribution in [0.1, 0.15) is 24.5 Å². The van der Waals surface area contributed by atoms with Gasteiger partial charge in [0.25, 0.3) is 0 Å². The zero-order valence-electron chi connectivity index (χ0n) is 11.0. The zero-order chi connectivity index (χ0) is 13.5. The summed E-state index contributed by atoms with van der Waals surface area (Å²) in [5, 5.41) is 0. The van der Waals surface area contributed by atoms with Crippen LogP contribution in [0.3, 0.4) is 0 Å². The molecule has 2 rings (SSSR count). The number of aromatic nitrogens is 1. The van der Waals surface area contributed by atoms with Gasteiger partial charge in [-0.15, -0.1) is 0 Å². The Hall–Kier alpha value is -2.20. The normalized spacial score (nSPS) is 11.4. The Bertz CT molecular complexity index is 532. The van der Waals surface area contributed by atoms with Crippen LogP contribution in [0.5, 0.6) is 0 Å². The van der Waals surface area contributed by atoms with E-state index >= 15 is 0 Å². The highest BCUT2D eigenvalue weighted by molar-refractivity contribution is 5.99.